The molecular weight excluding hydrogens is 400 g/mol. The van der Waals surface area contributed by atoms with Crippen molar-refractivity contribution in [3.05, 3.63) is 78.1 Å². The zero-order valence-electron chi connectivity index (χ0n) is 18.1. The summed E-state index contributed by atoms with van der Waals surface area (Å²) >= 11 is 0. The van der Waals surface area contributed by atoms with Gasteiger partial charge >= 0.3 is 0 Å². The van der Waals surface area contributed by atoms with Crippen LogP contribution in [0.25, 0.3) is 16.8 Å². The van der Waals surface area contributed by atoms with E-state index in [1.807, 2.05) is 52.9 Å². The molecule has 0 saturated carbocycles. The monoisotopic (exact) mass is 426 g/mol. The Morgan fingerprint density at radius 3 is 2.66 bits per heavy atom. The summed E-state index contributed by atoms with van der Waals surface area (Å²) in [6.07, 6.45) is 7.99. The second-order valence-corrected chi connectivity index (χ2v) is 8.37. The van der Waals surface area contributed by atoms with Gasteiger partial charge in [-0.25, -0.2) is 9.97 Å². The van der Waals surface area contributed by atoms with Gasteiger partial charge in [0.1, 0.15) is 11.5 Å². The molecule has 4 aromatic rings. The Kier molecular flexibility index (Phi) is 5.31. The van der Waals surface area contributed by atoms with Crippen LogP contribution in [0.2, 0.25) is 0 Å². The van der Waals surface area contributed by atoms with Gasteiger partial charge in [-0.3, -0.25) is 9.78 Å². The maximum atomic E-state index is 13.2. The van der Waals surface area contributed by atoms with Crippen molar-refractivity contribution < 1.29 is 4.79 Å². The van der Waals surface area contributed by atoms with Gasteiger partial charge in [0.05, 0.1) is 17.8 Å². The van der Waals surface area contributed by atoms with E-state index in [4.69, 9.17) is 10.7 Å². The van der Waals surface area contributed by atoms with Crippen LogP contribution in [0.4, 0.5) is 5.82 Å². The van der Waals surface area contributed by atoms with E-state index in [0.29, 0.717) is 18.8 Å². The Balaban J connectivity index is 1.29. The van der Waals surface area contributed by atoms with E-state index < -0.39 is 0 Å². The average Bonchev–Trinajstić information content (AvgIpc) is 3.14. The minimum absolute atomic E-state index is 0.146. The number of amides is 1. The number of hydrogen-bond donors (Lipinski definition) is 1. The Hall–Kier alpha value is -3.74. The van der Waals surface area contributed by atoms with Crippen molar-refractivity contribution in [1.29, 1.82) is 0 Å². The van der Waals surface area contributed by atoms with Gasteiger partial charge in [-0.2, -0.15) is 0 Å². The molecule has 1 amide bonds. The number of imidazole rings is 1. The molecule has 7 heteroatoms. The Morgan fingerprint density at radius 1 is 1.09 bits per heavy atom. The number of nitrogens with zero attached hydrogens (tertiary/aromatic N) is 5. The van der Waals surface area contributed by atoms with Crippen LogP contribution < -0.4 is 5.73 Å². The lowest BCUT2D eigenvalue weighted by Gasteiger charge is -2.32. The van der Waals surface area contributed by atoms with Crippen LogP contribution in [0, 0.1) is 6.92 Å². The maximum Gasteiger partial charge on any atom is 0.228 e. The molecule has 1 aliphatic rings. The van der Waals surface area contributed by atoms with Crippen LogP contribution in [0.3, 0.4) is 0 Å². The first-order valence-electron chi connectivity index (χ1n) is 11.0. The van der Waals surface area contributed by atoms with Crippen molar-refractivity contribution >= 4 is 17.4 Å². The zero-order chi connectivity index (χ0) is 22.1. The summed E-state index contributed by atoms with van der Waals surface area (Å²) in [7, 11) is 0. The minimum Gasteiger partial charge on any atom is -0.384 e. The lowest BCUT2D eigenvalue weighted by atomic mass is 9.93. The second-order valence-electron chi connectivity index (χ2n) is 8.37. The molecule has 32 heavy (non-hydrogen) atoms. The summed E-state index contributed by atoms with van der Waals surface area (Å²) < 4.78 is 2.01. The minimum atomic E-state index is 0.146. The topological polar surface area (TPSA) is 89.4 Å². The van der Waals surface area contributed by atoms with Crippen molar-refractivity contribution in [2.24, 2.45) is 0 Å². The molecule has 1 unspecified atom stereocenters. The van der Waals surface area contributed by atoms with Crippen molar-refractivity contribution in [1.82, 2.24) is 24.3 Å². The van der Waals surface area contributed by atoms with Gasteiger partial charge < -0.3 is 15.0 Å². The molecule has 0 aliphatic carbocycles. The van der Waals surface area contributed by atoms with E-state index in [1.54, 1.807) is 12.3 Å². The first-order valence-corrected chi connectivity index (χ1v) is 11.0. The van der Waals surface area contributed by atoms with Crippen LogP contribution in [0.1, 0.15) is 35.8 Å². The van der Waals surface area contributed by atoms with E-state index in [-0.39, 0.29) is 11.8 Å². The average molecular weight is 427 g/mol. The third kappa shape index (κ3) is 3.93. The molecular formula is C25H26N6O. The molecule has 0 radical (unpaired) electrons. The van der Waals surface area contributed by atoms with Gasteiger partial charge in [-0.05, 0) is 50.1 Å². The molecule has 1 aliphatic heterocycles. The van der Waals surface area contributed by atoms with Gasteiger partial charge in [0.2, 0.25) is 5.91 Å². The van der Waals surface area contributed by atoms with Crippen LogP contribution in [-0.4, -0.2) is 43.2 Å². The normalized spacial score (nSPS) is 16.4. The Labute approximate surface area is 186 Å². The number of aryl methyl sites for hydroxylation is 1. The zero-order valence-corrected chi connectivity index (χ0v) is 18.1. The Bertz CT molecular complexity index is 1250. The van der Waals surface area contributed by atoms with E-state index >= 15 is 0 Å². The number of nitrogens with two attached hydrogens (primary N) is 1. The second kappa shape index (κ2) is 8.42. The molecule has 7 nitrogen and oxygen atoms in total. The number of piperidine rings is 1. The fourth-order valence-electron chi connectivity index (χ4n) is 4.47. The predicted molar refractivity (Wildman–Crippen MR) is 124 cm³/mol. The van der Waals surface area contributed by atoms with Crippen LogP contribution in [-0.2, 0) is 11.2 Å². The predicted octanol–water partition coefficient (Wildman–Crippen LogP) is 3.63. The number of likely N-dealkylation sites (tertiary alicyclic amines) is 1. The molecule has 162 valence electrons. The van der Waals surface area contributed by atoms with Crippen molar-refractivity contribution in [3.8, 4) is 11.1 Å². The Morgan fingerprint density at radius 2 is 1.91 bits per heavy atom. The smallest absolute Gasteiger partial charge is 0.228 e. The van der Waals surface area contributed by atoms with Crippen molar-refractivity contribution in [2.45, 2.75) is 32.1 Å². The quantitative estimate of drug-likeness (QED) is 0.538. The first-order chi connectivity index (χ1) is 15.6. The standard InChI is InChI=1S/C25H26N6O/c1-17-22(31-12-3-2-6-24(31)29-17)13-25(32)30-11-4-5-20(16-30)21-9-7-18(14-27-21)19-8-10-23(26)28-15-19/h2-3,6-10,12,14-15,20H,4-5,11,13,16H2,1H3,(H2,26,28). The molecule has 0 spiro atoms. The van der Waals surface area contributed by atoms with E-state index in [9.17, 15) is 4.79 Å². The van der Waals surface area contributed by atoms with E-state index in [2.05, 4.69) is 22.1 Å². The summed E-state index contributed by atoms with van der Waals surface area (Å²) in [6.45, 7) is 3.46. The number of nitrogen functional groups attached to an aromatic ring is 1. The number of carbonyl (C=O) groups excluding carboxylic acids is 1. The fourth-order valence-corrected chi connectivity index (χ4v) is 4.47. The number of hydrogen-bond acceptors (Lipinski definition) is 5. The molecule has 4 aromatic heterocycles. The number of rotatable bonds is 4. The molecule has 1 fully saturated rings. The van der Waals surface area contributed by atoms with E-state index in [1.165, 1.54) is 0 Å². The van der Waals surface area contributed by atoms with Gasteiger partial charge in [0.25, 0.3) is 0 Å². The third-order valence-electron chi connectivity index (χ3n) is 6.25. The van der Waals surface area contributed by atoms with E-state index in [0.717, 1.165) is 53.2 Å². The highest BCUT2D eigenvalue weighted by Crippen LogP contribution is 2.28. The van der Waals surface area contributed by atoms with Gasteiger partial charge in [0, 0.05) is 54.4 Å². The summed E-state index contributed by atoms with van der Waals surface area (Å²) in [5, 5.41) is 0. The third-order valence-corrected chi connectivity index (χ3v) is 6.25. The lowest BCUT2D eigenvalue weighted by molar-refractivity contribution is -0.131. The molecule has 0 bridgehead atoms. The lowest BCUT2D eigenvalue weighted by Crippen LogP contribution is -2.40. The molecule has 5 heterocycles. The van der Waals surface area contributed by atoms with Crippen LogP contribution in [0.15, 0.2) is 61.1 Å². The largest absolute Gasteiger partial charge is 0.384 e. The number of aromatic nitrogens is 4. The number of carbonyl (C=O) groups is 1. The summed E-state index contributed by atoms with van der Waals surface area (Å²) in [5.41, 5.74) is 11.5. The summed E-state index contributed by atoms with van der Waals surface area (Å²) in [5.74, 6) is 0.895. The number of fused-ring (bicyclic) bond motifs is 1. The highest BCUT2D eigenvalue weighted by Gasteiger charge is 2.26. The molecule has 2 N–H and O–H groups in total. The molecule has 1 atom stereocenters. The van der Waals surface area contributed by atoms with Crippen LogP contribution in [0.5, 0.6) is 0 Å². The first kappa shape index (κ1) is 20.2. The maximum absolute atomic E-state index is 13.2. The summed E-state index contributed by atoms with van der Waals surface area (Å²) in [4.78, 5) is 28.6. The highest BCUT2D eigenvalue weighted by molar-refractivity contribution is 5.79. The van der Waals surface area contributed by atoms with Crippen molar-refractivity contribution in [3.63, 3.8) is 0 Å². The number of pyridine rings is 3. The fraction of sp³-hybridized carbons (Fsp3) is 0.280. The van der Waals surface area contributed by atoms with Crippen LogP contribution >= 0.6 is 0 Å². The molecule has 1 saturated heterocycles. The SMILES string of the molecule is Cc1nc2ccccn2c1CC(=O)N1CCCC(c2ccc(-c3ccc(N)nc3)cn2)C1. The summed E-state index contributed by atoms with van der Waals surface area (Å²) in [6, 6.07) is 13.8. The highest BCUT2D eigenvalue weighted by atomic mass is 16.2. The van der Waals surface area contributed by atoms with Gasteiger partial charge in [-0.15, -0.1) is 0 Å². The molecule has 0 aromatic carbocycles. The molecule has 5 rings (SSSR count). The van der Waals surface area contributed by atoms with Crippen molar-refractivity contribution in [2.75, 3.05) is 18.8 Å². The van der Waals surface area contributed by atoms with Gasteiger partial charge in [-0.1, -0.05) is 12.1 Å². The number of anilines is 1. The van der Waals surface area contributed by atoms with Gasteiger partial charge in [0.15, 0.2) is 0 Å².